The van der Waals surface area contributed by atoms with Gasteiger partial charge in [-0.2, -0.15) is 0 Å². The topological polar surface area (TPSA) is 50.7 Å². The summed E-state index contributed by atoms with van der Waals surface area (Å²) in [6.45, 7) is 8.39. The molecule has 4 heteroatoms. The van der Waals surface area contributed by atoms with Crippen molar-refractivity contribution >= 4 is 0 Å². The van der Waals surface area contributed by atoms with E-state index in [9.17, 15) is 5.11 Å². The molecule has 1 aromatic carbocycles. The third-order valence-electron chi connectivity index (χ3n) is 5.26. The first-order valence-electron chi connectivity index (χ1n) is 9.51. The second-order valence-electron chi connectivity index (χ2n) is 6.57. The Kier molecular flexibility index (Phi) is 7.33. The maximum absolute atomic E-state index is 10.2. The van der Waals surface area contributed by atoms with Gasteiger partial charge in [-0.1, -0.05) is 26.0 Å². The first-order valence-corrected chi connectivity index (χ1v) is 9.51. The van der Waals surface area contributed by atoms with Crippen LogP contribution in [-0.4, -0.2) is 38.0 Å². The Labute approximate surface area is 152 Å². The molecular formula is C21H33NO3. The smallest absolute Gasteiger partial charge is 0.165 e. The van der Waals surface area contributed by atoms with E-state index in [1.165, 1.54) is 17.5 Å². The molecule has 0 aromatic heterocycles. The van der Waals surface area contributed by atoms with Gasteiger partial charge in [-0.25, -0.2) is 0 Å². The number of rotatable bonds is 3. The fourth-order valence-corrected chi connectivity index (χ4v) is 4.22. The van der Waals surface area contributed by atoms with Crippen LogP contribution >= 0.6 is 0 Å². The van der Waals surface area contributed by atoms with Crippen molar-refractivity contribution in [1.82, 2.24) is 5.32 Å². The monoisotopic (exact) mass is 347 g/mol. The van der Waals surface area contributed by atoms with E-state index in [4.69, 9.17) is 9.47 Å². The SMILES string of the molecule is C=CCNC.CC.COc1ccc2c3c1OC1C(O)CCC(CC2)C31. The summed E-state index contributed by atoms with van der Waals surface area (Å²) in [4.78, 5) is 0. The zero-order valence-electron chi connectivity index (χ0n) is 16.0. The highest BCUT2D eigenvalue weighted by molar-refractivity contribution is 5.57. The van der Waals surface area contributed by atoms with Gasteiger partial charge >= 0.3 is 0 Å². The molecule has 0 spiro atoms. The van der Waals surface area contributed by atoms with Gasteiger partial charge in [0.05, 0.1) is 13.2 Å². The quantitative estimate of drug-likeness (QED) is 0.819. The molecular weight excluding hydrogens is 314 g/mol. The fraction of sp³-hybridized carbons (Fsp3) is 0.619. The Balaban J connectivity index is 0.000000281. The summed E-state index contributed by atoms with van der Waals surface area (Å²) in [5.74, 6) is 2.79. The molecule has 1 aliphatic heterocycles. The maximum Gasteiger partial charge on any atom is 0.165 e. The van der Waals surface area contributed by atoms with Crippen LogP contribution in [0.3, 0.4) is 0 Å². The van der Waals surface area contributed by atoms with E-state index in [1.54, 1.807) is 7.11 Å². The minimum absolute atomic E-state index is 0.0471. The maximum atomic E-state index is 10.2. The number of nitrogens with one attached hydrogen (secondary N) is 1. The molecule has 0 amide bonds. The lowest BCUT2D eigenvalue weighted by molar-refractivity contribution is -0.0131. The van der Waals surface area contributed by atoms with Gasteiger partial charge in [0, 0.05) is 18.0 Å². The van der Waals surface area contributed by atoms with Crippen LogP contribution in [-0.2, 0) is 6.42 Å². The summed E-state index contributed by atoms with van der Waals surface area (Å²) in [5.41, 5.74) is 2.72. The molecule has 0 radical (unpaired) electrons. The normalized spacial score (nSPS) is 27.6. The highest BCUT2D eigenvalue weighted by atomic mass is 16.5. The number of hydrogen-bond acceptors (Lipinski definition) is 4. The number of aliphatic hydroxyl groups excluding tert-OH is 1. The summed E-state index contributed by atoms with van der Waals surface area (Å²) in [7, 11) is 3.57. The predicted octanol–water partition coefficient (Wildman–Crippen LogP) is 3.67. The fourth-order valence-electron chi connectivity index (χ4n) is 4.22. The highest BCUT2D eigenvalue weighted by Gasteiger charge is 2.50. The average Bonchev–Trinajstić information content (AvgIpc) is 3.07. The molecule has 1 saturated carbocycles. The molecule has 4 rings (SSSR count). The lowest BCUT2D eigenvalue weighted by atomic mass is 9.67. The minimum atomic E-state index is -0.325. The molecule has 140 valence electrons. The van der Waals surface area contributed by atoms with Crippen LogP contribution in [0.4, 0.5) is 0 Å². The first-order chi connectivity index (χ1) is 12.2. The molecule has 1 fully saturated rings. The van der Waals surface area contributed by atoms with Gasteiger partial charge in [0.2, 0.25) is 0 Å². The van der Waals surface area contributed by atoms with Gasteiger partial charge in [0.25, 0.3) is 0 Å². The highest BCUT2D eigenvalue weighted by Crippen LogP contribution is 2.56. The zero-order valence-corrected chi connectivity index (χ0v) is 16.0. The van der Waals surface area contributed by atoms with Crippen molar-refractivity contribution in [2.75, 3.05) is 20.7 Å². The number of methoxy groups -OCH3 is 1. The molecule has 1 aromatic rings. The lowest BCUT2D eigenvalue weighted by Gasteiger charge is -2.38. The standard InChI is InChI=1S/C15H18O3.C4H9N.C2H6/c1-17-11-7-5-9-3-2-8-4-6-10(16)14-12(8)13(9)15(11)18-14;1-3-4-5-2;1-2/h5,7-8,10,12,14,16H,2-4,6H2,1H3;3,5H,1,4H2,2H3;1-2H3. The van der Waals surface area contributed by atoms with E-state index in [1.807, 2.05) is 33.0 Å². The van der Waals surface area contributed by atoms with Crippen LogP contribution in [0.2, 0.25) is 0 Å². The molecule has 3 aliphatic rings. The Bertz CT molecular complexity index is 573. The van der Waals surface area contributed by atoms with E-state index < -0.39 is 0 Å². The number of aliphatic hydroxyl groups is 1. The summed E-state index contributed by atoms with van der Waals surface area (Å²) in [6, 6.07) is 4.17. The number of likely N-dealkylation sites (N-methyl/N-ethyl adjacent to an activating group) is 1. The second kappa shape index (κ2) is 9.25. The number of hydrogen-bond donors (Lipinski definition) is 2. The Morgan fingerprint density at radius 1 is 1.32 bits per heavy atom. The summed E-state index contributed by atoms with van der Waals surface area (Å²) < 4.78 is 11.5. The zero-order chi connectivity index (χ0) is 18.4. The van der Waals surface area contributed by atoms with Crippen molar-refractivity contribution in [3.63, 3.8) is 0 Å². The molecule has 4 nitrogen and oxygen atoms in total. The van der Waals surface area contributed by atoms with Gasteiger partial charge in [-0.3, -0.25) is 0 Å². The van der Waals surface area contributed by atoms with Crippen molar-refractivity contribution in [2.45, 2.75) is 57.7 Å². The van der Waals surface area contributed by atoms with Gasteiger partial charge < -0.3 is 19.9 Å². The summed E-state index contributed by atoms with van der Waals surface area (Å²) in [6.07, 6.45) is 5.82. The largest absolute Gasteiger partial charge is 0.493 e. The molecule has 4 atom stereocenters. The number of benzene rings is 1. The Morgan fingerprint density at radius 3 is 2.68 bits per heavy atom. The number of ether oxygens (including phenoxy) is 2. The summed E-state index contributed by atoms with van der Waals surface area (Å²) >= 11 is 0. The van der Waals surface area contributed by atoms with Crippen molar-refractivity contribution in [1.29, 1.82) is 0 Å². The first kappa shape index (κ1) is 19.8. The van der Waals surface area contributed by atoms with Crippen LogP contribution in [0, 0.1) is 5.92 Å². The van der Waals surface area contributed by atoms with Crippen LogP contribution < -0.4 is 14.8 Å². The number of aryl methyl sites for hydroxylation is 1. The van der Waals surface area contributed by atoms with Crippen LogP contribution in [0.1, 0.15) is 50.2 Å². The Hall–Kier alpha value is -1.52. The van der Waals surface area contributed by atoms with E-state index in [0.29, 0.717) is 11.8 Å². The van der Waals surface area contributed by atoms with Gasteiger partial charge in [-0.05, 0) is 50.3 Å². The summed E-state index contributed by atoms with van der Waals surface area (Å²) in [5, 5.41) is 13.1. The predicted molar refractivity (Wildman–Crippen MR) is 103 cm³/mol. The minimum Gasteiger partial charge on any atom is -0.493 e. The lowest BCUT2D eigenvalue weighted by Crippen LogP contribution is -2.42. The van der Waals surface area contributed by atoms with Crippen molar-refractivity contribution in [3.8, 4) is 11.5 Å². The molecule has 25 heavy (non-hydrogen) atoms. The van der Waals surface area contributed by atoms with E-state index in [0.717, 1.165) is 37.3 Å². The van der Waals surface area contributed by atoms with E-state index >= 15 is 0 Å². The third kappa shape index (κ3) is 3.85. The third-order valence-corrected chi connectivity index (χ3v) is 5.26. The van der Waals surface area contributed by atoms with Crippen LogP contribution in [0.25, 0.3) is 0 Å². The molecule has 1 heterocycles. The van der Waals surface area contributed by atoms with Gasteiger partial charge in [-0.15, -0.1) is 6.58 Å². The van der Waals surface area contributed by atoms with E-state index in [2.05, 4.69) is 18.0 Å². The molecule has 4 unspecified atom stereocenters. The van der Waals surface area contributed by atoms with Gasteiger partial charge in [0.1, 0.15) is 6.10 Å². The van der Waals surface area contributed by atoms with Gasteiger partial charge in [0.15, 0.2) is 11.5 Å². The van der Waals surface area contributed by atoms with Crippen molar-refractivity contribution in [3.05, 3.63) is 35.9 Å². The van der Waals surface area contributed by atoms with E-state index in [-0.39, 0.29) is 12.2 Å². The molecule has 0 bridgehead atoms. The van der Waals surface area contributed by atoms with Crippen LogP contribution in [0.5, 0.6) is 11.5 Å². The Morgan fingerprint density at radius 2 is 2.08 bits per heavy atom. The molecule has 2 N–H and O–H groups in total. The molecule has 2 aliphatic carbocycles. The average molecular weight is 347 g/mol. The van der Waals surface area contributed by atoms with Crippen LogP contribution in [0.15, 0.2) is 24.8 Å². The van der Waals surface area contributed by atoms with Crippen molar-refractivity contribution < 1.29 is 14.6 Å². The second-order valence-corrected chi connectivity index (χ2v) is 6.57. The molecule has 0 saturated heterocycles. The van der Waals surface area contributed by atoms with Crippen molar-refractivity contribution in [2.24, 2.45) is 5.92 Å².